The van der Waals surface area contributed by atoms with E-state index in [-0.39, 0.29) is 12.0 Å². The number of hydrogen-bond acceptors (Lipinski definition) is 4. The smallest absolute Gasteiger partial charge is 0.307 e. The first kappa shape index (κ1) is 14.3. The molecule has 0 saturated carbocycles. The second kappa shape index (κ2) is 6.39. The van der Waals surface area contributed by atoms with E-state index in [1.807, 2.05) is 12.1 Å². The molecule has 0 bridgehead atoms. The summed E-state index contributed by atoms with van der Waals surface area (Å²) in [6.07, 6.45) is 0.427. The molecule has 0 spiro atoms. The van der Waals surface area contributed by atoms with Gasteiger partial charge in [0.15, 0.2) is 0 Å². The van der Waals surface area contributed by atoms with Gasteiger partial charge in [-0.1, -0.05) is 15.9 Å². The van der Waals surface area contributed by atoms with Crippen LogP contribution in [-0.4, -0.2) is 50.7 Å². The van der Waals surface area contributed by atoms with Crippen molar-refractivity contribution in [3.05, 3.63) is 28.7 Å². The molecule has 5 heteroatoms. The average Bonchev–Trinajstić information content (AvgIpc) is 2.40. The van der Waals surface area contributed by atoms with Gasteiger partial charge in [-0.15, -0.1) is 0 Å². The molecule has 2 rings (SSSR count). The lowest BCUT2D eigenvalue weighted by Gasteiger charge is -2.41. The van der Waals surface area contributed by atoms with Gasteiger partial charge < -0.3 is 14.5 Å². The fourth-order valence-electron chi connectivity index (χ4n) is 2.43. The van der Waals surface area contributed by atoms with Crippen LogP contribution in [0.25, 0.3) is 0 Å². The lowest BCUT2D eigenvalue weighted by Crippen LogP contribution is -2.52. The van der Waals surface area contributed by atoms with Gasteiger partial charge in [0.25, 0.3) is 0 Å². The largest absolute Gasteiger partial charge is 0.469 e. The molecule has 19 heavy (non-hydrogen) atoms. The quantitative estimate of drug-likeness (QED) is 0.797. The summed E-state index contributed by atoms with van der Waals surface area (Å²) < 4.78 is 5.86. The highest BCUT2D eigenvalue weighted by Gasteiger charge is 2.27. The van der Waals surface area contributed by atoms with Crippen molar-refractivity contribution in [3.63, 3.8) is 0 Å². The summed E-state index contributed by atoms with van der Waals surface area (Å²) in [5.74, 6) is -0.151. The number of carbonyl (C=O) groups is 1. The van der Waals surface area contributed by atoms with Crippen LogP contribution in [0.2, 0.25) is 0 Å². The van der Waals surface area contributed by atoms with Gasteiger partial charge in [-0.05, 0) is 31.3 Å². The summed E-state index contributed by atoms with van der Waals surface area (Å²) in [7, 11) is 3.53. The number of ether oxygens (including phenoxy) is 1. The van der Waals surface area contributed by atoms with Crippen molar-refractivity contribution in [2.24, 2.45) is 0 Å². The minimum absolute atomic E-state index is 0.151. The number of likely N-dealkylation sites (N-methyl/N-ethyl adjacent to an activating group) is 1. The molecule has 1 heterocycles. The maximum atomic E-state index is 11.5. The summed E-state index contributed by atoms with van der Waals surface area (Å²) in [5, 5.41) is 0. The Labute approximate surface area is 122 Å². The van der Waals surface area contributed by atoms with Crippen LogP contribution in [0.4, 0.5) is 5.69 Å². The number of piperazine rings is 1. The van der Waals surface area contributed by atoms with Crippen LogP contribution in [0.1, 0.15) is 6.42 Å². The van der Waals surface area contributed by atoms with E-state index in [1.165, 1.54) is 7.11 Å². The number of rotatable bonds is 3. The SMILES string of the molecule is COC(=O)CC1CN(C)CCN1c1ccc(Br)cc1. The topological polar surface area (TPSA) is 32.8 Å². The third kappa shape index (κ3) is 3.70. The van der Waals surface area contributed by atoms with Crippen LogP contribution < -0.4 is 4.90 Å². The Morgan fingerprint density at radius 1 is 1.37 bits per heavy atom. The van der Waals surface area contributed by atoms with E-state index in [9.17, 15) is 4.79 Å². The van der Waals surface area contributed by atoms with Gasteiger partial charge in [0, 0.05) is 29.8 Å². The Balaban J connectivity index is 2.15. The van der Waals surface area contributed by atoms with E-state index in [2.05, 4.69) is 44.9 Å². The number of benzene rings is 1. The van der Waals surface area contributed by atoms with Crippen LogP contribution >= 0.6 is 15.9 Å². The first-order valence-electron chi connectivity index (χ1n) is 6.37. The Morgan fingerprint density at radius 3 is 2.68 bits per heavy atom. The van der Waals surface area contributed by atoms with Crippen molar-refractivity contribution in [1.29, 1.82) is 0 Å². The molecular weight excluding hydrogens is 308 g/mol. The standard InChI is InChI=1S/C14H19BrN2O2/c1-16-7-8-17(12-5-3-11(15)4-6-12)13(10-16)9-14(18)19-2/h3-6,13H,7-10H2,1-2H3. The van der Waals surface area contributed by atoms with Crippen molar-refractivity contribution >= 4 is 27.6 Å². The molecule has 1 aromatic rings. The van der Waals surface area contributed by atoms with Crippen LogP contribution in [0, 0.1) is 0 Å². The Hall–Kier alpha value is -1.07. The van der Waals surface area contributed by atoms with E-state index >= 15 is 0 Å². The number of nitrogens with zero attached hydrogens (tertiary/aromatic N) is 2. The highest BCUT2D eigenvalue weighted by molar-refractivity contribution is 9.10. The second-order valence-electron chi connectivity index (χ2n) is 4.87. The zero-order valence-electron chi connectivity index (χ0n) is 11.3. The maximum absolute atomic E-state index is 11.5. The van der Waals surface area contributed by atoms with Crippen LogP contribution in [0.5, 0.6) is 0 Å². The van der Waals surface area contributed by atoms with Crippen LogP contribution in [0.3, 0.4) is 0 Å². The second-order valence-corrected chi connectivity index (χ2v) is 5.78. The van der Waals surface area contributed by atoms with Crippen LogP contribution in [0.15, 0.2) is 28.7 Å². The predicted octanol–water partition coefficient (Wildman–Crippen LogP) is 2.13. The molecule has 0 amide bonds. The Morgan fingerprint density at radius 2 is 2.05 bits per heavy atom. The van der Waals surface area contributed by atoms with E-state index in [0.717, 1.165) is 29.8 Å². The first-order chi connectivity index (χ1) is 9.10. The lowest BCUT2D eigenvalue weighted by molar-refractivity contribution is -0.141. The Kier molecular flexibility index (Phi) is 4.82. The molecule has 0 aliphatic carbocycles. The molecule has 0 aromatic heterocycles. The van der Waals surface area contributed by atoms with Gasteiger partial charge in [0.1, 0.15) is 0 Å². The fourth-order valence-corrected chi connectivity index (χ4v) is 2.70. The van der Waals surface area contributed by atoms with E-state index in [0.29, 0.717) is 6.42 Å². The maximum Gasteiger partial charge on any atom is 0.307 e. The van der Waals surface area contributed by atoms with Crippen LogP contribution in [-0.2, 0) is 9.53 Å². The summed E-state index contributed by atoms with van der Waals surface area (Å²) >= 11 is 3.44. The zero-order chi connectivity index (χ0) is 13.8. The van der Waals surface area contributed by atoms with Crippen molar-refractivity contribution in [3.8, 4) is 0 Å². The van der Waals surface area contributed by atoms with E-state index < -0.39 is 0 Å². The third-order valence-electron chi connectivity index (χ3n) is 3.47. The number of esters is 1. The molecule has 4 nitrogen and oxygen atoms in total. The molecular formula is C14H19BrN2O2. The highest BCUT2D eigenvalue weighted by atomic mass is 79.9. The van der Waals surface area contributed by atoms with Crippen molar-refractivity contribution < 1.29 is 9.53 Å². The van der Waals surface area contributed by atoms with Gasteiger partial charge in [-0.3, -0.25) is 4.79 Å². The van der Waals surface area contributed by atoms with E-state index in [1.54, 1.807) is 0 Å². The fraction of sp³-hybridized carbons (Fsp3) is 0.500. The molecule has 104 valence electrons. The summed E-state index contributed by atoms with van der Waals surface area (Å²) in [6, 6.07) is 8.40. The van der Waals surface area contributed by atoms with Crippen molar-refractivity contribution in [1.82, 2.24) is 4.90 Å². The van der Waals surface area contributed by atoms with Crippen molar-refractivity contribution in [2.45, 2.75) is 12.5 Å². The molecule has 0 N–H and O–H groups in total. The minimum Gasteiger partial charge on any atom is -0.469 e. The number of anilines is 1. The summed E-state index contributed by atoms with van der Waals surface area (Å²) in [4.78, 5) is 16.1. The average molecular weight is 327 g/mol. The van der Waals surface area contributed by atoms with E-state index in [4.69, 9.17) is 4.74 Å². The van der Waals surface area contributed by atoms with Crippen molar-refractivity contribution in [2.75, 3.05) is 38.7 Å². The van der Waals surface area contributed by atoms with Gasteiger partial charge in [-0.2, -0.15) is 0 Å². The molecule has 1 saturated heterocycles. The van der Waals surface area contributed by atoms with Gasteiger partial charge in [0.2, 0.25) is 0 Å². The molecule has 1 fully saturated rings. The minimum atomic E-state index is -0.151. The predicted molar refractivity (Wildman–Crippen MR) is 79.4 cm³/mol. The van der Waals surface area contributed by atoms with Gasteiger partial charge in [-0.25, -0.2) is 0 Å². The normalized spacial score (nSPS) is 20.4. The monoisotopic (exact) mass is 326 g/mol. The molecule has 1 unspecified atom stereocenters. The number of carbonyl (C=O) groups excluding carboxylic acids is 1. The first-order valence-corrected chi connectivity index (χ1v) is 7.17. The third-order valence-corrected chi connectivity index (χ3v) is 4.00. The number of halogens is 1. The summed E-state index contributed by atoms with van der Waals surface area (Å²) in [6.45, 7) is 2.82. The van der Waals surface area contributed by atoms with Gasteiger partial charge in [0.05, 0.1) is 19.6 Å². The number of hydrogen-bond donors (Lipinski definition) is 0. The molecule has 0 radical (unpaired) electrons. The molecule has 1 aliphatic heterocycles. The number of methoxy groups -OCH3 is 1. The van der Waals surface area contributed by atoms with Gasteiger partial charge >= 0.3 is 5.97 Å². The molecule has 1 atom stereocenters. The molecule has 1 aromatic carbocycles. The highest BCUT2D eigenvalue weighted by Crippen LogP contribution is 2.24. The zero-order valence-corrected chi connectivity index (χ0v) is 12.9. The lowest BCUT2D eigenvalue weighted by atomic mass is 10.1. The summed E-state index contributed by atoms with van der Waals surface area (Å²) in [5.41, 5.74) is 1.16. The Bertz CT molecular complexity index is 436. The molecule has 1 aliphatic rings.